The van der Waals surface area contributed by atoms with Crippen LogP contribution in [0.25, 0.3) is 0 Å². The van der Waals surface area contributed by atoms with E-state index in [9.17, 15) is 13.2 Å². The molecule has 2 aromatic carbocycles. The number of esters is 1. The molecular weight excluding hydrogens is 655 g/mol. The normalized spacial score (nSPS) is 15.2. The molecule has 0 aliphatic carbocycles. The molecule has 2 aliphatic heterocycles. The van der Waals surface area contributed by atoms with Gasteiger partial charge >= 0.3 is 17.9 Å². The van der Waals surface area contributed by atoms with E-state index in [4.69, 9.17) is 24.5 Å². The van der Waals surface area contributed by atoms with Gasteiger partial charge in [-0.2, -0.15) is 0 Å². The second kappa shape index (κ2) is 18.0. The summed E-state index contributed by atoms with van der Waals surface area (Å²) in [5.74, 6) is -3.08. The molecule has 0 saturated carbocycles. The van der Waals surface area contributed by atoms with Crippen LogP contribution in [0.5, 0.6) is 0 Å². The summed E-state index contributed by atoms with van der Waals surface area (Å²) in [7, 11) is -0.357. The number of ether oxygens (including phenoxy) is 1. The van der Waals surface area contributed by atoms with Crippen LogP contribution in [0.15, 0.2) is 57.2 Å². The van der Waals surface area contributed by atoms with Crippen LogP contribution in [0.1, 0.15) is 72.1 Å². The number of unbranched alkanes of at least 4 members (excludes halogenated alkanes) is 2. The Morgan fingerprint density at radius 2 is 1.58 bits per heavy atom. The predicted molar refractivity (Wildman–Crippen MR) is 187 cm³/mol. The third-order valence-corrected chi connectivity index (χ3v) is 11.8. The van der Waals surface area contributed by atoms with Crippen molar-refractivity contribution in [3.63, 3.8) is 0 Å². The number of carboxylic acids is 2. The van der Waals surface area contributed by atoms with Crippen LogP contribution in [0, 0.1) is 11.3 Å². The van der Waals surface area contributed by atoms with E-state index in [0.717, 1.165) is 93.0 Å². The fraction of sp³-hybridized carbons (Fsp3) is 0.571. The van der Waals surface area contributed by atoms with Crippen molar-refractivity contribution >= 4 is 51.1 Å². The first-order valence-corrected chi connectivity index (χ1v) is 18.9. The molecule has 0 spiro atoms. The Labute approximate surface area is 289 Å². The van der Waals surface area contributed by atoms with Crippen molar-refractivity contribution < 1.29 is 37.8 Å². The highest BCUT2D eigenvalue weighted by Gasteiger charge is 2.30. The molecule has 2 aliphatic rings. The van der Waals surface area contributed by atoms with Crippen LogP contribution >= 0.6 is 11.8 Å². The minimum atomic E-state index is -3.49. The minimum absolute atomic E-state index is 0.0501. The topological polar surface area (TPSA) is 145 Å². The first-order chi connectivity index (χ1) is 22.7. The van der Waals surface area contributed by atoms with Gasteiger partial charge in [0.25, 0.3) is 0 Å². The van der Waals surface area contributed by atoms with Crippen molar-refractivity contribution in [3.05, 3.63) is 42.5 Å². The van der Waals surface area contributed by atoms with E-state index < -0.39 is 27.4 Å². The third kappa shape index (κ3) is 10.9. The second-order valence-electron chi connectivity index (χ2n) is 13.2. The number of carbonyl (C=O) groups is 3. The lowest BCUT2D eigenvalue weighted by molar-refractivity contribution is -0.159. The zero-order chi connectivity index (χ0) is 35.5. The number of fused-ring (bicyclic) bond motifs is 2. The van der Waals surface area contributed by atoms with Gasteiger partial charge in [-0.15, -0.1) is 0 Å². The van der Waals surface area contributed by atoms with E-state index in [0.29, 0.717) is 17.4 Å². The Balaban J connectivity index is 0.000000952. The van der Waals surface area contributed by atoms with Crippen molar-refractivity contribution in [3.8, 4) is 0 Å². The molecule has 266 valence electrons. The summed E-state index contributed by atoms with van der Waals surface area (Å²) in [6.07, 6.45) is 8.56. The SMILES string of the molecule is CCCCCC(C)(C)C(=O)OCCC1CCN(CCCN2c3ccccc3Sc3cc(S(=O)(=O)N(C)C)ccc32)CC1.O=C(O)C(=O)O. The van der Waals surface area contributed by atoms with Gasteiger partial charge in [-0.1, -0.05) is 50.1 Å². The van der Waals surface area contributed by atoms with Crippen molar-refractivity contribution in [1.29, 1.82) is 0 Å². The Kier molecular flexibility index (Phi) is 14.8. The average Bonchev–Trinajstić information content (AvgIpc) is 3.05. The molecule has 2 heterocycles. The number of anilines is 2. The van der Waals surface area contributed by atoms with Gasteiger partial charge in [-0.25, -0.2) is 22.3 Å². The van der Waals surface area contributed by atoms with Crippen LogP contribution < -0.4 is 4.90 Å². The Morgan fingerprint density at radius 3 is 2.21 bits per heavy atom. The van der Waals surface area contributed by atoms with Crippen LogP contribution in [0.2, 0.25) is 0 Å². The van der Waals surface area contributed by atoms with Crippen LogP contribution in [-0.4, -0.2) is 92.6 Å². The molecule has 0 radical (unpaired) electrons. The van der Waals surface area contributed by atoms with Crippen LogP contribution in [-0.2, 0) is 29.1 Å². The summed E-state index contributed by atoms with van der Waals surface area (Å²) in [5.41, 5.74) is 1.86. The number of hydrogen-bond donors (Lipinski definition) is 2. The number of carboxylic acid groups (broad SMARTS) is 2. The quantitative estimate of drug-likeness (QED) is 0.129. The van der Waals surface area contributed by atoms with Crippen molar-refractivity contribution in [1.82, 2.24) is 9.21 Å². The molecule has 13 heteroatoms. The summed E-state index contributed by atoms with van der Waals surface area (Å²) in [4.78, 5) is 38.1. The van der Waals surface area contributed by atoms with E-state index in [1.807, 2.05) is 32.0 Å². The lowest BCUT2D eigenvalue weighted by atomic mass is 9.87. The molecule has 0 amide bonds. The summed E-state index contributed by atoms with van der Waals surface area (Å²) < 4.78 is 32.5. The van der Waals surface area contributed by atoms with Gasteiger partial charge in [0.2, 0.25) is 10.0 Å². The number of nitrogens with zero attached hydrogens (tertiary/aromatic N) is 3. The molecule has 4 rings (SSSR count). The summed E-state index contributed by atoms with van der Waals surface area (Å²) in [5, 5.41) is 14.8. The molecule has 2 aromatic rings. The van der Waals surface area contributed by atoms with E-state index in [1.165, 1.54) is 9.99 Å². The summed E-state index contributed by atoms with van der Waals surface area (Å²) in [6.45, 7) is 10.8. The van der Waals surface area contributed by atoms with Gasteiger partial charge in [0, 0.05) is 30.4 Å². The van der Waals surface area contributed by atoms with E-state index in [-0.39, 0.29) is 5.97 Å². The lowest BCUT2D eigenvalue weighted by Crippen LogP contribution is -2.36. The molecule has 0 aromatic heterocycles. The zero-order valence-corrected chi connectivity index (χ0v) is 30.4. The maximum absolute atomic E-state index is 12.8. The van der Waals surface area contributed by atoms with E-state index in [2.05, 4.69) is 34.9 Å². The molecule has 0 unspecified atom stereocenters. The first-order valence-electron chi connectivity index (χ1n) is 16.6. The molecule has 2 N–H and O–H groups in total. The number of sulfonamides is 1. The minimum Gasteiger partial charge on any atom is -0.473 e. The molecule has 1 saturated heterocycles. The second-order valence-corrected chi connectivity index (χ2v) is 16.4. The zero-order valence-electron chi connectivity index (χ0n) is 28.8. The van der Waals surface area contributed by atoms with Crippen molar-refractivity contribution in [2.24, 2.45) is 11.3 Å². The Morgan fingerprint density at radius 1 is 0.938 bits per heavy atom. The lowest BCUT2D eigenvalue weighted by Gasteiger charge is -2.35. The smallest absolute Gasteiger partial charge is 0.414 e. The van der Waals surface area contributed by atoms with E-state index >= 15 is 0 Å². The number of aliphatic carboxylic acids is 2. The molecule has 0 atom stereocenters. The number of para-hydroxylation sites is 1. The average molecular weight is 706 g/mol. The highest BCUT2D eigenvalue weighted by Crippen LogP contribution is 2.48. The third-order valence-electron chi connectivity index (χ3n) is 8.84. The number of likely N-dealkylation sites (tertiary alicyclic amines) is 1. The largest absolute Gasteiger partial charge is 0.473 e. The van der Waals surface area contributed by atoms with Crippen LogP contribution in [0.4, 0.5) is 11.4 Å². The molecule has 11 nitrogen and oxygen atoms in total. The standard InChI is InChI=1S/C33H49N3O4S2.C2H2O4/c1-6-7-10-19-33(2,3)32(37)40-24-18-26-16-22-35(23-17-26)20-11-21-36-28-12-8-9-13-30(28)41-31-25-27(14-15-29(31)36)42(38,39)34(4)5;3-1(4)2(5)6/h8-9,12-15,25-26H,6-7,10-11,16-24H2,1-5H3;(H,3,4)(H,5,6). The predicted octanol–water partition coefficient (Wildman–Crippen LogP) is 6.34. The number of carbonyl (C=O) groups excluding carboxylic acids is 1. The number of benzene rings is 2. The van der Waals surface area contributed by atoms with Gasteiger partial charge in [-0.05, 0) is 102 Å². The van der Waals surface area contributed by atoms with Crippen molar-refractivity contribution in [2.75, 3.05) is 51.8 Å². The fourth-order valence-electron chi connectivity index (χ4n) is 5.81. The number of hydrogen-bond acceptors (Lipinski definition) is 9. The van der Waals surface area contributed by atoms with Gasteiger partial charge in [0.15, 0.2) is 0 Å². The summed E-state index contributed by atoms with van der Waals surface area (Å²) >= 11 is 1.64. The maximum atomic E-state index is 12.8. The molecule has 48 heavy (non-hydrogen) atoms. The Bertz CT molecular complexity index is 1490. The molecular formula is C35H51N3O8S2. The van der Waals surface area contributed by atoms with Gasteiger partial charge in [-0.3, -0.25) is 4.79 Å². The van der Waals surface area contributed by atoms with Gasteiger partial charge in [0.1, 0.15) is 0 Å². The van der Waals surface area contributed by atoms with E-state index in [1.54, 1.807) is 31.9 Å². The van der Waals surface area contributed by atoms with Crippen molar-refractivity contribution in [2.45, 2.75) is 86.8 Å². The number of rotatable bonds is 14. The highest BCUT2D eigenvalue weighted by atomic mass is 32.2. The van der Waals surface area contributed by atoms with Crippen LogP contribution in [0.3, 0.4) is 0 Å². The van der Waals surface area contributed by atoms with Gasteiger partial charge in [0.05, 0.1) is 28.3 Å². The first kappa shape index (κ1) is 39.3. The Hall–Kier alpha value is -3.13. The monoisotopic (exact) mass is 705 g/mol. The number of piperidine rings is 1. The molecule has 0 bridgehead atoms. The van der Waals surface area contributed by atoms with Gasteiger partial charge < -0.3 is 24.7 Å². The fourth-order valence-corrected chi connectivity index (χ4v) is 7.95. The summed E-state index contributed by atoms with van der Waals surface area (Å²) in [6, 6.07) is 13.9. The molecule has 1 fully saturated rings. The highest BCUT2D eigenvalue weighted by molar-refractivity contribution is 7.99. The maximum Gasteiger partial charge on any atom is 0.414 e.